The monoisotopic (exact) mass is 497 g/mol. The first kappa shape index (κ1) is 21.6. The Morgan fingerprint density at radius 3 is 2.00 bits per heavy atom. The Labute approximate surface area is 213 Å². The molecule has 0 unspecified atom stereocenters. The van der Waals surface area contributed by atoms with Gasteiger partial charge in [-0.05, 0) is 77.3 Å². The van der Waals surface area contributed by atoms with Crippen molar-refractivity contribution in [3.63, 3.8) is 0 Å². The molecular formula is C28H24ClN5O2. The molecule has 4 aromatic rings. The molecule has 3 fully saturated rings. The van der Waals surface area contributed by atoms with Gasteiger partial charge < -0.3 is 9.80 Å². The molecule has 3 aromatic carbocycles. The average molecular weight is 498 g/mol. The lowest BCUT2D eigenvalue weighted by Crippen LogP contribution is -2.44. The summed E-state index contributed by atoms with van der Waals surface area (Å²) in [6, 6.07) is 21.0. The molecular weight excluding hydrogens is 474 g/mol. The Morgan fingerprint density at radius 2 is 1.36 bits per heavy atom. The number of halogens is 1. The van der Waals surface area contributed by atoms with Gasteiger partial charge >= 0.3 is 0 Å². The van der Waals surface area contributed by atoms with Crippen LogP contribution in [0.5, 0.6) is 0 Å². The lowest BCUT2D eigenvalue weighted by molar-refractivity contribution is 0.0629. The lowest BCUT2D eigenvalue weighted by Gasteiger charge is -2.42. The Hall–Kier alpha value is -3.71. The molecule has 3 heterocycles. The topological polar surface area (TPSA) is 82.2 Å². The Kier molecular flexibility index (Phi) is 4.89. The first-order valence-electron chi connectivity index (χ1n) is 12.3. The molecule has 1 aliphatic carbocycles. The largest absolute Gasteiger partial charge is 0.338 e. The van der Waals surface area contributed by atoms with Gasteiger partial charge in [-0.1, -0.05) is 41.1 Å². The standard InChI is InChI=1S/C28H24ClN5O2/c29-20-7-4-16(5-8-20)17-2-1-3-18(10-17)27(35)33-12-21-22(13-33)24-15-34(14-23(21)24)28(36)19-6-9-25-26(11-19)31-32-30-25/h1-11,21-24H,12-15H2,(H,30,31,32)/t21-,22+,23+,24-. The van der Waals surface area contributed by atoms with E-state index in [0.717, 1.165) is 42.8 Å². The van der Waals surface area contributed by atoms with Crippen molar-refractivity contribution in [1.82, 2.24) is 25.2 Å². The van der Waals surface area contributed by atoms with Crippen LogP contribution in [0, 0.1) is 23.7 Å². The van der Waals surface area contributed by atoms with Crippen LogP contribution < -0.4 is 0 Å². The first-order valence-corrected chi connectivity index (χ1v) is 12.7. The van der Waals surface area contributed by atoms with Crippen molar-refractivity contribution in [1.29, 1.82) is 0 Å². The number of H-pyrrole nitrogens is 1. The zero-order valence-electron chi connectivity index (χ0n) is 19.5. The number of carbonyl (C=O) groups excluding carboxylic acids is 2. The summed E-state index contributed by atoms with van der Waals surface area (Å²) in [5, 5.41) is 11.4. The van der Waals surface area contributed by atoms with Gasteiger partial charge in [0.15, 0.2) is 0 Å². The van der Waals surface area contributed by atoms with Gasteiger partial charge in [0.05, 0.1) is 5.52 Å². The predicted octanol–water partition coefficient (Wildman–Crippen LogP) is 4.37. The predicted molar refractivity (Wildman–Crippen MR) is 137 cm³/mol. The van der Waals surface area contributed by atoms with E-state index in [1.54, 1.807) is 6.07 Å². The summed E-state index contributed by atoms with van der Waals surface area (Å²) in [5.41, 5.74) is 4.95. The summed E-state index contributed by atoms with van der Waals surface area (Å²) in [6.45, 7) is 3.05. The number of aromatic nitrogens is 3. The van der Waals surface area contributed by atoms with E-state index in [0.29, 0.717) is 45.3 Å². The molecule has 0 radical (unpaired) electrons. The van der Waals surface area contributed by atoms with Crippen molar-refractivity contribution in [3.8, 4) is 11.1 Å². The van der Waals surface area contributed by atoms with E-state index in [1.807, 2.05) is 70.5 Å². The minimum atomic E-state index is 0.0549. The first-order chi connectivity index (χ1) is 17.5. The number of carbonyl (C=O) groups is 2. The molecule has 0 bridgehead atoms. The maximum atomic E-state index is 13.4. The van der Waals surface area contributed by atoms with E-state index >= 15 is 0 Å². The van der Waals surface area contributed by atoms with Crippen LogP contribution >= 0.6 is 11.6 Å². The van der Waals surface area contributed by atoms with Crippen LogP contribution in [0.25, 0.3) is 22.2 Å². The molecule has 2 saturated heterocycles. The number of nitrogens with one attached hydrogen (secondary N) is 1. The number of hydrogen-bond acceptors (Lipinski definition) is 4. The number of rotatable bonds is 3. The average Bonchev–Trinajstić information content (AvgIpc) is 3.62. The zero-order chi connectivity index (χ0) is 24.4. The quantitative estimate of drug-likeness (QED) is 0.455. The van der Waals surface area contributed by atoms with Crippen LogP contribution in [0.15, 0.2) is 66.7 Å². The van der Waals surface area contributed by atoms with Crippen LogP contribution in [0.1, 0.15) is 20.7 Å². The number of aromatic amines is 1. The van der Waals surface area contributed by atoms with Gasteiger partial charge in [0.2, 0.25) is 0 Å². The van der Waals surface area contributed by atoms with Crippen molar-refractivity contribution in [2.45, 2.75) is 0 Å². The molecule has 0 spiro atoms. The fourth-order valence-electron chi connectivity index (χ4n) is 6.52. The minimum Gasteiger partial charge on any atom is -0.338 e. The lowest BCUT2D eigenvalue weighted by atomic mass is 9.60. The van der Waals surface area contributed by atoms with Crippen LogP contribution in [-0.2, 0) is 0 Å². The maximum absolute atomic E-state index is 13.4. The fraction of sp³-hybridized carbons (Fsp3) is 0.286. The molecule has 1 N–H and O–H groups in total. The molecule has 1 aromatic heterocycles. The smallest absolute Gasteiger partial charge is 0.253 e. The molecule has 2 amide bonds. The second kappa shape index (κ2) is 8.17. The third-order valence-corrected chi connectivity index (χ3v) is 8.61. The maximum Gasteiger partial charge on any atom is 0.253 e. The van der Waals surface area contributed by atoms with Crippen LogP contribution in [0.2, 0.25) is 5.02 Å². The van der Waals surface area contributed by atoms with E-state index in [4.69, 9.17) is 11.6 Å². The highest BCUT2D eigenvalue weighted by molar-refractivity contribution is 6.30. The molecule has 8 heteroatoms. The van der Waals surface area contributed by atoms with E-state index in [9.17, 15) is 9.59 Å². The minimum absolute atomic E-state index is 0.0549. The van der Waals surface area contributed by atoms with Gasteiger partial charge in [-0.15, -0.1) is 5.10 Å². The van der Waals surface area contributed by atoms with Gasteiger partial charge in [-0.25, -0.2) is 0 Å². The number of fused-ring (bicyclic) bond motifs is 5. The van der Waals surface area contributed by atoms with Crippen LogP contribution in [0.3, 0.4) is 0 Å². The number of hydrogen-bond donors (Lipinski definition) is 1. The third-order valence-electron chi connectivity index (χ3n) is 8.36. The van der Waals surface area contributed by atoms with E-state index < -0.39 is 0 Å². The van der Waals surface area contributed by atoms with Crippen molar-refractivity contribution < 1.29 is 9.59 Å². The van der Waals surface area contributed by atoms with E-state index in [2.05, 4.69) is 15.4 Å². The molecule has 7 nitrogen and oxygen atoms in total. The Morgan fingerprint density at radius 1 is 0.750 bits per heavy atom. The van der Waals surface area contributed by atoms with Crippen molar-refractivity contribution in [2.75, 3.05) is 26.2 Å². The molecule has 36 heavy (non-hydrogen) atoms. The highest BCUT2D eigenvalue weighted by Crippen LogP contribution is 2.54. The van der Waals surface area contributed by atoms with Crippen molar-refractivity contribution >= 4 is 34.4 Å². The normalized spacial score (nSPS) is 24.5. The van der Waals surface area contributed by atoms with Gasteiger partial charge in [0.1, 0.15) is 5.52 Å². The number of benzene rings is 3. The Balaban J connectivity index is 1.03. The SMILES string of the molecule is O=C(c1cccc(-c2ccc(Cl)cc2)c1)N1C[C@@H]2[C@H](C1)[C@H]1CN(C(=O)c3ccc4[nH]nnc4c3)C[C@@H]21. The highest BCUT2D eigenvalue weighted by atomic mass is 35.5. The molecule has 2 aliphatic heterocycles. The van der Waals surface area contributed by atoms with Crippen molar-refractivity contribution in [2.24, 2.45) is 23.7 Å². The molecule has 3 aliphatic rings. The summed E-state index contributed by atoms with van der Waals surface area (Å²) >= 11 is 6.03. The van der Waals surface area contributed by atoms with Gasteiger partial charge in [-0.2, -0.15) is 0 Å². The molecule has 7 rings (SSSR count). The summed E-state index contributed by atoms with van der Waals surface area (Å²) in [6.07, 6.45) is 0. The fourth-order valence-corrected chi connectivity index (χ4v) is 6.65. The summed E-state index contributed by atoms with van der Waals surface area (Å²) in [4.78, 5) is 30.6. The van der Waals surface area contributed by atoms with E-state index in [1.165, 1.54) is 0 Å². The van der Waals surface area contributed by atoms with Crippen LogP contribution in [0.4, 0.5) is 0 Å². The van der Waals surface area contributed by atoms with Gasteiger partial charge in [0, 0.05) is 42.3 Å². The Bertz CT molecular complexity index is 1480. The second-order valence-corrected chi connectivity index (χ2v) is 10.6. The molecule has 4 atom stereocenters. The summed E-state index contributed by atoms with van der Waals surface area (Å²) in [7, 11) is 0. The summed E-state index contributed by atoms with van der Waals surface area (Å²) in [5.74, 6) is 2.01. The third kappa shape index (κ3) is 3.41. The zero-order valence-corrected chi connectivity index (χ0v) is 20.2. The number of likely N-dealkylation sites (tertiary alicyclic amines) is 2. The van der Waals surface area contributed by atoms with Gasteiger partial charge in [-0.3, -0.25) is 14.7 Å². The van der Waals surface area contributed by atoms with E-state index in [-0.39, 0.29) is 11.8 Å². The van der Waals surface area contributed by atoms with Gasteiger partial charge in [0.25, 0.3) is 11.8 Å². The summed E-state index contributed by atoms with van der Waals surface area (Å²) < 4.78 is 0. The van der Waals surface area contributed by atoms with Crippen molar-refractivity contribution in [3.05, 3.63) is 82.9 Å². The number of amides is 2. The number of nitrogens with zero attached hydrogens (tertiary/aromatic N) is 4. The van der Waals surface area contributed by atoms with Crippen LogP contribution in [-0.4, -0.2) is 63.2 Å². The molecule has 1 saturated carbocycles. The molecule has 180 valence electrons. The second-order valence-electron chi connectivity index (χ2n) is 10.2. The highest BCUT2D eigenvalue weighted by Gasteiger charge is 2.59.